The monoisotopic (exact) mass is 1390 g/mol. The first kappa shape index (κ1) is 60.0. The third-order valence-electron chi connectivity index (χ3n) is 24.1. The Morgan fingerprint density at radius 3 is 1.18 bits per heavy atom. The van der Waals surface area contributed by atoms with E-state index < -0.39 is 0 Å². The van der Waals surface area contributed by atoms with E-state index in [1.807, 2.05) is 12.3 Å². The van der Waals surface area contributed by atoms with Gasteiger partial charge in [0.2, 0.25) is 0 Å². The summed E-state index contributed by atoms with van der Waals surface area (Å²) in [4.78, 5) is 5.49. The number of aromatic nitrogens is 6. The van der Waals surface area contributed by atoms with Crippen LogP contribution in [0.15, 0.2) is 356 Å². The van der Waals surface area contributed by atoms with Crippen molar-refractivity contribution in [1.82, 2.24) is 27.8 Å². The summed E-state index contributed by atoms with van der Waals surface area (Å²) in [6.45, 7) is 4.77. The molecule has 7 aromatic heterocycles. The Morgan fingerprint density at radius 1 is 0.229 bits per heavy atom. The minimum atomic E-state index is -0.219. The number of fused-ring (bicyclic) bond motifs is 22. The number of furan rings is 1. The number of pyridine rings is 1. The van der Waals surface area contributed by atoms with Crippen LogP contribution in [-0.4, -0.2) is 27.8 Å². The fourth-order valence-electron chi connectivity index (χ4n) is 19.1. The van der Waals surface area contributed by atoms with E-state index in [1.165, 1.54) is 76.6 Å². The van der Waals surface area contributed by atoms with Crippen LogP contribution in [-0.2, 0) is 5.41 Å². The standard InChI is InChI=1S/C102H64N6O/c1-102(2)84-31-15-9-25-69(84)77-57-81-73-29-13-18-34-89(73)106(97(81)59-85(77)102)94-49-50-103-86-60-99(107-90-35-19-12-28-72(90)80-51-61(41-47-93(80)107)64-42-48-101-82(54-64)76-30-14-20-36-100(76)109-101)98(58-83(86)94)108-95-55-65(62-39-45-91-78(52-62)70-26-10-16-32-87(70)104(91)67-21-5-3-6-22-67)37-43-74(95)75-44-38-66(56-96(75)108)63-40-46-92-79(53-63)71-27-11-17-33-88(71)105(92)68-23-7-4-8-24-68/h3-60H,1-2H3. The molecule has 0 spiro atoms. The smallest absolute Gasteiger partial charge is 0.135 e. The summed E-state index contributed by atoms with van der Waals surface area (Å²) in [5.41, 5.74) is 31.2. The van der Waals surface area contributed by atoms with Crippen molar-refractivity contribution in [2.24, 2.45) is 0 Å². The average Bonchev–Trinajstić information content (AvgIpc) is 1.55. The molecule has 0 radical (unpaired) electrons. The van der Waals surface area contributed by atoms with Gasteiger partial charge in [-0.25, -0.2) is 0 Å². The molecule has 0 aliphatic heterocycles. The van der Waals surface area contributed by atoms with Crippen molar-refractivity contribution in [3.63, 3.8) is 0 Å². The lowest BCUT2D eigenvalue weighted by Crippen LogP contribution is -2.15. The van der Waals surface area contributed by atoms with Gasteiger partial charge in [-0.15, -0.1) is 0 Å². The fourth-order valence-corrected chi connectivity index (χ4v) is 19.1. The van der Waals surface area contributed by atoms with E-state index in [2.05, 4.69) is 376 Å². The van der Waals surface area contributed by atoms with Gasteiger partial charge in [0.05, 0.1) is 77.7 Å². The van der Waals surface area contributed by atoms with E-state index >= 15 is 0 Å². The Bertz CT molecular complexity index is 7670. The molecule has 0 saturated heterocycles. The van der Waals surface area contributed by atoms with E-state index in [0.717, 1.165) is 149 Å². The molecule has 508 valence electrons. The van der Waals surface area contributed by atoms with E-state index in [9.17, 15) is 0 Å². The van der Waals surface area contributed by atoms with Gasteiger partial charge in [0, 0.05) is 93.0 Å². The predicted octanol–water partition coefficient (Wildman–Crippen LogP) is 26.9. The van der Waals surface area contributed by atoms with Crippen LogP contribution in [0, 0.1) is 0 Å². The molecule has 0 saturated carbocycles. The van der Waals surface area contributed by atoms with E-state index in [0.29, 0.717) is 0 Å². The topological polar surface area (TPSA) is 50.7 Å². The number of hydrogen-bond acceptors (Lipinski definition) is 2. The molecular weight excluding hydrogens is 1330 g/mol. The van der Waals surface area contributed by atoms with Gasteiger partial charge in [0.15, 0.2) is 0 Å². The van der Waals surface area contributed by atoms with Gasteiger partial charge in [0.1, 0.15) is 11.2 Å². The normalized spacial score (nSPS) is 12.9. The molecule has 0 bridgehead atoms. The number of rotatable bonds is 8. The summed E-state index contributed by atoms with van der Waals surface area (Å²) in [7, 11) is 0. The number of hydrogen-bond donors (Lipinski definition) is 0. The Hall–Kier alpha value is -14.3. The van der Waals surface area contributed by atoms with Crippen molar-refractivity contribution < 1.29 is 4.42 Å². The van der Waals surface area contributed by atoms with Crippen LogP contribution < -0.4 is 0 Å². The lowest BCUT2D eigenvalue weighted by Gasteiger charge is -2.22. The summed E-state index contributed by atoms with van der Waals surface area (Å²) in [6, 6.07) is 129. The molecule has 0 unspecified atom stereocenters. The van der Waals surface area contributed by atoms with Crippen LogP contribution in [0.2, 0.25) is 0 Å². The molecule has 0 N–H and O–H groups in total. The molecular formula is C102H64N6O. The second kappa shape index (κ2) is 22.4. The Labute approximate surface area is 625 Å². The summed E-state index contributed by atoms with van der Waals surface area (Å²) in [5, 5.41) is 15.1. The quantitative estimate of drug-likeness (QED) is 0.152. The van der Waals surface area contributed by atoms with Crippen molar-refractivity contribution in [3.05, 3.63) is 363 Å². The molecule has 109 heavy (non-hydrogen) atoms. The third-order valence-corrected chi connectivity index (χ3v) is 24.1. The second-order valence-corrected chi connectivity index (χ2v) is 30.2. The number of para-hydroxylation sites is 7. The zero-order valence-corrected chi connectivity index (χ0v) is 59.6. The number of nitrogens with zero attached hydrogens (tertiary/aromatic N) is 6. The maximum atomic E-state index is 6.38. The lowest BCUT2D eigenvalue weighted by atomic mass is 9.82. The first-order chi connectivity index (χ1) is 53.8. The predicted molar refractivity (Wildman–Crippen MR) is 455 cm³/mol. The molecule has 0 atom stereocenters. The zero-order chi connectivity index (χ0) is 71.5. The van der Waals surface area contributed by atoms with Crippen molar-refractivity contribution in [1.29, 1.82) is 0 Å². The highest BCUT2D eigenvalue weighted by atomic mass is 16.3. The largest absolute Gasteiger partial charge is 0.456 e. The minimum absolute atomic E-state index is 0.219. The SMILES string of the molecule is CC1(C)c2ccccc2-c2cc3c4ccccc4n(-c4ccnc5cc(-n6c7ccccc7c7cc(-c8ccc9oc%10ccccc%10c9c8)ccc76)c(-n6c7cc(-c8ccc9c(c8)c8ccccc8n9-c8ccccc8)ccc7c7ccc(-c8ccc9c(c8)c8ccccc8n9-c8ccccc8)cc76)cc45)c3cc21. The Kier molecular flexibility index (Phi) is 12.3. The van der Waals surface area contributed by atoms with Gasteiger partial charge in [-0.2, -0.15) is 0 Å². The molecule has 23 aromatic rings. The maximum absolute atomic E-state index is 6.38. The van der Waals surface area contributed by atoms with Crippen LogP contribution in [0.5, 0.6) is 0 Å². The van der Waals surface area contributed by atoms with Gasteiger partial charge < -0.3 is 27.3 Å². The van der Waals surface area contributed by atoms with Crippen molar-refractivity contribution in [2.75, 3.05) is 0 Å². The maximum Gasteiger partial charge on any atom is 0.135 e. The van der Waals surface area contributed by atoms with E-state index in [1.54, 1.807) is 0 Å². The molecule has 0 fully saturated rings. The highest BCUT2D eigenvalue weighted by molar-refractivity contribution is 6.18. The van der Waals surface area contributed by atoms with E-state index in [-0.39, 0.29) is 5.41 Å². The fraction of sp³-hybridized carbons (Fsp3) is 0.0294. The minimum Gasteiger partial charge on any atom is -0.456 e. The Balaban J connectivity index is 0.802. The number of benzene rings is 16. The summed E-state index contributed by atoms with van der Waals surface area (Å²) < 4.78 is 18.8. The van der Waals surface area contributed by atoms with Crippen LogP contribution >= 0.6 is 0 Å². The summed E-state index contributed by atoms with van der Waals surface area (Å²) in [6.07, 6.45) is 2.02. The highest BCUT2D eigenvalue weighted by Crippen LogP contribution is 2.53. The van der Waals surface area contributed by atoms with E-state index in [4.69, 9.17) is 9.40 Å². The van der Waals surface area contributed by atoms with Gasteiger partial charge in [0.25, 0.3) is 0 Å². The van der Waals surface area contributed by atoms with Crippen molar-refractivity contribution >= 4 is 142 Å². The molecule has 24 rings (SSSR count). The lowest BCUT2D eigenvalue weighted by molar-refractivity contribution is 0.661. The molecule has 1 aliphatic carbocycles. The Morgan fingerprint density at radius 2 is 0.615 bits per heavy atom. The molecule has 1 aliphatic rings. The van der Waals surface area contributed by atoms with Crippen LogP contribution in [0.4, 0.5) is 0 Å². The summed E-state index contributed by atoms with van der Waals surface area (Å²) >= 11 is 0. The molecule has 7 heterocycles. The van der Waals surface area contributed by atoms with Gasteiger partial charge in [-0.1, -0.05) is 214 Å². The molecule has 16 aromatic carbocycles. The van der Waals surface area contributed by atoms with Crippen molar-refractivity contribution in [2.45, 2.75) is 19.3 Å². The van der Waals surface area contributed by atoms with Gasteiger partial charge >= 0.3 is 0 Å². The first-order valence-corrected chi connectivity index (χ1v) is 37.6. The average molecular weight is 1390 g/mol. The molecule has 0 amide bonds. The third kappa shape index (κ3) is 8.55. The highest BCUT2D eigenvalue weighted by Gasteiger charge is 2.37. The zero-order valence-electron chi connectivity index (χ0n) is 59.6. The van der Waals surface area contributed by atoms with Gasteiger partial charge in [-0.05, 0) is 201 Å². The molecule has 7 heteroatoms. The van der Waals surface area contributed by atoms with Gasteiger partial charge in [-0.3, -0.25) is 4.98 Å². The van der Waals surface area contributed by atoms with Crippen molar-refractivity contribution in [3.8, 4) is 72.9 Å². The summed E-state index contributed by atoms with van der Waals surface area (Å²) in [5.74, 6) is 0. The second-order valence-electron chi connectivity index (χ2n) is 30.2. The van der Waals surface area contributed by atoms with Crippen LogP contribution in [0.1, 0.15) is 25.0 Å². The van der Waals surface area contributed by atoms with Crippen LogP contribution in [0.25, 0.3) is 215 Å². The van der Waals surface area contributed by atoms with Crippen LogP contribution in [0.3, 0.4) is 0 Å². The first-order valence-electron chi connectivity index (χ1n) is 37.6. The molecule has 7 nitrogen and oxygen atoms in total.